The van der Waals surface area contributed by atoms with Gasteiger partial charge in [-0.3, -0.25) is 24.2 Å². The molecule has 4 rings (SSSR count). The fourth-order valence-corrected chi connectivity index (χ4v) is 4.97. The maximum Gasteiger partial charge on any atom is 0.410 e. The van der Waals surface area contributed by atoms with E-state index in [0.717, 1.165) is 16.8 Å². The van der Waals surface area contributed by atoms with E-state index < -0.39 is 23.7 Å². The summed E-state index contributed by atoms with van der Waals surface area (Å²) in [4.78, 5) is 46.3. The van der Waals surface area contributed by atoms with E-state index in [1.165, 1.54) is 9.80 Å². The fourth-order valence-electron chi connectivity index (χ4n) is 4.97. The lowest BCUT2D eigenvalue weighted by atomic mass is 9.80. The van der Waals surface area contributed by atoms with Crippen LogP contribution in [0.25, 0.3) is 4.85 Å². The Hall–Kier alpha value is -3.86. The molecule has 0 aromatic heterocycles. The predicted octanol–water partition coefficient (Wildman–Crippen LogP) is 4.04. The van der Waals surface area contributed by atoms with Crippen LogP contribution in [0.5, 0.6) is 0 Å². The molecule has 182 valence electrons. The molecule has 1 N–H and O–H groups in total. The lowest BCUT2D eigenvalue weighted by Gasteiger charge is -2.31. The van der Waals surface area contributed by atoms with Crippen molar-refractivity contribution in [2.75, 3.05) is 18.9 Å². The minimum Gasteiger partial charge on any atom is -0.445 e. The summed E-state index contributed by atoms with van der Waals surface area (Å²) < 4.78 is 5.47. The van der Waals surface area contributed by atoms with E-state index in [1.54, 1.807) is 7.05 Å². The number of likely N-dealkylation sites (tertiary alicyclic amines) is 1. The quantitative estimate of drug-likeness (QED) is 0.641. The zero-order valence-electron chi connectivity index (χ0n) is 20.2. The van der Waals surface area contributed by atoms with Gasteiger partial charge in [-0.2, -0.15) is 0 Å². The number of likely N-dealkylation sites (N-methyl/N-ethyl adjacent to an activating group) is 1. The Kier molecular flexibility index (Phi) is 6.79. The van der Waals surface area contributed by atoms with Gasteiger partial charge in [0.15, 0.2) is 0 Å². The average Bonchev–Trinajstić information content (AvgIpc) is 3.39. The van der Waals surface area contributed by atoms with Crippen LogP contribution in [0.4, 0.5) is 10.5 Å². The molecule has 2 aromatic carbocycles. The summed E-state index contributed by atoms with van der Waals surface area (Å²) in [6, 6.07) is 15.9. The highest BCUT2D eigenvalue weighted by Crippen LogP contribution is 2.47. The number of nitrogens with one attached hydrogen (secondary N) is 1. The van der Waals surface area contributed by atoms with Crippen LogP contribution >= 0.6 is 0 Å². The van der Waals surface area contributed by atoms with Gasteiger partial charge in [0.05, 0.1) is 6.42 Å². The number of benzene rings is 2. The van der Waals surface area contributed by atoms with Crippen LogP contribution in [0.1, 0.15) is 37.8 Å². The van der Waals surface area contributed by atoms with E-state index in [2.05, 4.69) is 10.2 Å². The Morgan fingerprint density at radius 3 is 2.57 bits per heavy atom. The maximum absolute atomic E-state index is 13.8. The van der Waals surface area contributed by atoms with Crippen LogP contribution < -0.4 is 5.32 Å². The van der Waals surface area contributed by atoms with Crippen molar-refractivity contribution in [3.63, 3.8) is 0 Å². The van der Waals surface area contributed by atoms with Gasteiger partial charge in [0.25, 0.3) is 5.91 Å². The number of carbonyl (C=O) groups excluding carboxylic acids is 3. The molecule has 8 heteroatoms. The summed E-state index contributed by atoms with van der Waals surface area (Å²) >= 11 is 0. The van der Waals surface area contributed by atoms with Crippen molar-refractivity contribution in [1.29, 1.82) is 0 Å². The summed E-state index contributed by atoms with van der Waals surface area (Å²) in [5.41, 5.74) is 1.42. The summed E-state index contributed by atoms with van der Waals surface area (Å²) in [5.74, 6) is -0.418. The second-order valence-corrected chi connectivity index (χ2v) is 9.66. The normalized spacial score (nSPS) is 21.4. The lowest BCUT2D eigenvalue weighted by Crippen LogP contribution is -2.51. The highest BCUT2D eigenvalue weighted by atomic mass is 16.6. The van der Waals surface area contributed by atoms with Crippen molar-refractivity contribution in [2.45, 2.75) is 50.9 Å². The number of hydrogen-bond donors (Lipinski definition) is 1. The molecule has 0 aliphatic carbocycles. The van der Waals surface area contributed by atoms with Gasteiger partial charge in [0.1, 0.15) is 18.1 Å². The molecule has 1 spiro atoms. The van der Waals surface area contributed by atoms with Gasteiger partial charge in [-0.05, 0) is 29.5 Å². The second kappa shape index (κ2) is 9.79. The zero-order chi connectivity index (χ0) is 25.2. The Labute approximate surface area is 205 Å². The van der Waals surface area contributed by atoms with Gasteiger partial charge in [-0.15, -0.1) is 0 Å². The zero-order valence-corrected chi connectivity index (χ0v) is 20.2. The minimum atomic E-state index is -0.962. The van der Waals surface area contributed by atoms with Crippen molar-refractivity contribution < 1.29 is 19.1 Å². The highest BCUT2D eigenvalue weighted by molar-refractivity contribution is 6.07. The number of rotatable bonds is 6. The van der Waals surface area contributed by atoms with Crippen LogP contribution in [0, 0.1) is 12.5 Å². The van der Waals surface area contributed by atoms with Crippen LogP contribution in [0.2, 0.25) is 0 Å². The fraction of sp³-hybridized carbons (Fsp3) is 0.407. The Bertz CT molecular complexity index is 1160. The number of anilines is 1. The van der Waals surface area contributed by atoms with E-state index in [0.29, 0.717) is 6.42 Å². The van der Waals surface area contributed by atoms with Gasteiger partial charge < -0.3 is 10.1 Å². The average molecular weight is 475 g/mol. The van der Waals surface area contributed by atoms with Crippen molar-refractivity contribution in [3.05, 3.63) is 77.1 Å². The Morgan fingerprint density at radius 2 is 1.89 bits per heavy atom. The summed E-state index contributed by atoms with van der Waals surface area (Å²) in [6.45, 7) is 11.9. The molecule has 0 saturated carbocycles. The smallest absolute Gasteiger partial charge is 0.410 e. The number of fused-ring (bicyclic) bond motifs is 2. The molecular formula is C27H30N4O4. The van der Waals surface area contributed by atoms with E-state index in [4.69, 9.17) is 11.3 Å². The molecule has 35 heavy (non-hydrogen) atoms. The summed E-state index contributed by atoms with van der Waals surface area (Å²) in [7, 11) is 1.55. The Balaban J connectivity index is 1.56. The molecule has 0 radical (unpaired) electrons. The molecule has 3 atom stereocenters. The lowest BCUT2D eigenvalue weighted by molar-refractivity contribution is -0.137. The molecule has 1 fully saturated rings. The predicted molar refractivity (Wildman–Crippen MR) is 131 cm³/mol. The molecule has 3 amide bonds. The number of para-hydroxylation sites is 1. The molecule has 2 heterocycles. The topological polar surface area (TPSA) is 83.3 Å². The highest BCUT2D eigenvalue weighted by Gasteiger charge is 2.59. The van der Waals surface area contributed by atoms with E-state index in [9.17, 15) is 14.4 Å². The molecule has 2 aliphatic rings. The molecule has 1 saturated heterocycles. The number of amides is 3. The first-order valence-electron chi connectivity index (χ1n) is 11.8. The molecule has 3 unspecified atom stereocenters. The monoisotopic (exact) mass is 474 g/mol. The number of hydrogen-bond acceptors (Lipinski definition) is 4. The van der Waals surface area contributed by atoms with Crippen LogP contribution in [0.15, 0.2) is 54.6 Å². The van der Waals surface area contributed by atoms with Gasteiger partial charge in [0, 0.05) is 19.3 Å². The first-order chi connectivity index (χ1) is 16.8. The first kappa shape index (κ1) is 24.3. The maximum atomic E-state index is 13.8. The van der Waals surface area contributed by atoms with Gasteiger partial charge in [0.2, 0.25) is 5.91 Å². The van der Waals surface area contributed by atoms with Crippen LogP contribution in [0.3, 0.4) is 0 Å². The van der Waals surface area contributed by atoms with E-state index in [-0.39, 0.29) is 37.3 Å². The minimum absolute atomic E-state index is 0.0983. The molecule has 0 bridgehead atoms. The van der Waals surface area contributed by atoms with Gasteiger partial charge in [-0.25, -0.2) is 11.4 Å². The molecule has 8 nitrogen and oxygen atoms in total. The summed E-state index contributed by atoms with van der Waals surface area (Å²) in [5, 5.41) is 2.90. The molecule has 2 aliphatic heterocycles. The van der Waals surface area contributed by atoms with Gasteiger partial charge >= 0.3 is 12.3 Å². The van der Waals surface area contributed by atoms with Crippen molar-refractivity contribution >= 4 is 23.6 Å². The van der Waals surface area contributed by atoms with E-state index in [1.807, 2.05) is 68.4 Å². The van der Waals surface area contributed by atoms with Crippen LogP contribution in [-0.2, 0) is 26.3 Å². The third kappa shape index (κ3) is 4.59. The SMILES string of the molecule is [C-]#[N+]C1CC2(CN1C(=O)C(CC(C)C)N(C)C(=O)OCc1ccccc1)C(=O)Nc1ccccc12. The number of ether oxygens (including phenoxy) is 1. The Morgan fingerprint density at radius 1 is 1.20 bits per heavy atom. The number of nitrogens with zero attached hydrogens (tertiary/aromatic N) is 3. The largest absolute Gasteiger partial charge is 0.445 e. The number of carbonyl (C=O) groups is 3. The first-order valence-corrected chi connectivity index (χ1v) is 11.8. The van der Waals surface area contributed by atoms with E-state index >= 15 is 0 Å². The molecule has 2 aromatic rings. The summed E-state index contributed by atoms with van der Waals surface area (Å²) in [6.07, 6.45) is -0.762. The third-order valence-electron chi connectivity index (χ3n) is 6.83. The van der Waals surface area contributed by atoms with Crippen LogP contribution in [-0.4, -0.2) is 53.5 Å². The second-order valence-electron chi connectivity index (χ2n) is 9.66. The van der Waals surface area contributed by atoms with Crippen molar-refractivity contribution in [1.82, 2.24) is 9.80 Å². The van der Waals surface area contributed by atoms with Crippen molar-refractivity contribution in [2.24, 2.45) is 5.92 Å². The third-order valence-corrected chi connectivity index (χ3v) is 6.83. The van der Waals surface area contributed by atoms with Gasteiger partial charge in [-0.1, -0.05) is 62.4 Å². The standard InChI is InChI=1S/C27H30N4O4/c1-18(2)14-22(30(4)26(34)35-16-19-10-6-5-7-11-19)24(32)31-17-27(15-23(31)28-3)20-12-8-9-13-21(20)29-25(27)33/h5-13,18,22-23H,14-17H2,1-2,4H3,(H,29,33). The molecular weight excluding hydrogens is 444 g/mol. The van der Waals surface area contributed by atoms with Crippen molar-refractivity contribution in [3.8, 4) is 0 Å².